The Bertz CT molecular complexity index is 1190. The molecule has 9 nitrogen and oxygen atoms in total. The molecular formula is C24H29N5O4S2. The number of hydrogen-bond acceptors (Lipinski definition) is 8. The first kappa shape index (κ1) is 25.3. The highest BCUT2D eigenvalue weighted by Gasteiger charge is 2.38. The minimum Gasteiger partial charge on any atom is -0.450 e. The Morgan fingerprint density at radius 3 is 2.49 bits per heavy atom. The molecule has 1 saturated carbocycles. The van der Waals surface area contributed by atoms with Crippen LogP contribution >= 0.6 is 24.0 Å². The van der Waals surface area contributed by atoms with E-state index in [1.807, 2.05) is 11.0 Å². The van der Waals surface area contributed by atoms with Crippen molar-refractivity contribution in [1.82, 2.24) is 14.4 Å². The molecule has 0 bridgehead atoms. The van der Waals surface area contributed by atoms with E-state index in [-0.39, 0.29) is 29.2 Å². The third kappa shape index (κ3) is 4.69. The van der Waals surface area contributed by atoms with Gasteiger partial charge in [0.15, 0.2) is 0 Å². The van der Waals surface area contributed by atoms with Crippen LogP contribution in [0.15, 0.2) is 9.70 Å². The largest absolute Gasteiger partial charge is 0.450 e. The molecule has 4 rings (SSSR count). The van der Waals surface area contributed by atoms with Crippen LogP contribution in [-0.4, -0.2) is 69.5 Å². The van der Waals surface area contributed by atoms with Crippen molar-refractivity contribution in [2.75, 3.05) is 37.7 Å². The minimum absolute atomic E-state index is 0.0546. The van der Waals surface area contributed by atoms with Gasteiger partial charge in [-0.3, -0.25) is 19.1 Å². The molecule has 3 heterocycles. The van der Waals surface area contributed by atoms with Crippen LogP contribution in [-0.2, 0) is 16.6 Å². The standard InChI is InChI=1S/C24H29N5O4S2/c1-4-33-23(32)28-11-9-27(10-12-28)20-17(15(2)18(14-25)21(30)26(20)3)13-19-22(31)29(24(34)35-19)16-7-5-6-8-16/h13,16H,4-12H2,1-3H3/b19-13-. The number of ether oxygens (including phenoxy) is 1. The highest BCUT2D eigenvalue weighted by atomic mass is 32.2. The van der Waals surface area contributed by atoms with Gasteiger partial charge in [0.05, 0.1) is 11.5 Å². The third-order valence-electron chi connectivity index (χ3n) is 6.86. The van der Waals surface area contributed by atoms with E-state index in [1.54, 1.807) is 36.8 Å². The van der Waals surface area contributed by atoms with E-state index >= 15 is 0 Å². The molecule has 3 fully saturated rings. The molecule has 1 aromatic rings. The van der Waals surface area contributed by atoms with E-state index in [0.717, 1.165) is 25.7 Å². The summed E-state index contributed by atoms with van der Waals surface area (Å²) in [7, 11) is 1.64. The molecule has 35 heavy (non-hydrogen) atoms. The molecule has 1 aliphatic carbocycles. The van der Waals surface area contributed by atoms with Gasteiger partial charge in [0, 0.05) is 44.8 Å². The number of carbonyl (C=O) groups is 2. The van der Waals surface area contributed by atoms with Gasteiger partial charge in [-0.05, 0) is 38.3 Å². The van der Waals surface area contributed by atoms with Crippen molar-refractivity contribution in [3.63, 3.8) is 0 Å². The number of rotatable bonds is 4. The van der Waals surface area contributed by atoms with Crippen LogP contribution < -0.4 is 10.5 Å². The summed E-state index contributed by atoms with van der Waals surface area (Å²) in [5.74, 6) is 0.512. The van der Waals surface area contributed by atoms with Gasteiger partial charge in [-0.15, -0.1) is 0 Å². The normalized spacial score (nSPS) is 20.2. The predicted octanol–water partition coefficient (Wildman–Crippen LogP) is 2.99. The zero-order valence-corrected chi connectivity index (χ0v) is 21.8. The fourth-order valence-corrected chi connectivity index (χ4v) is 6.38. The third-order valence-corrected chi connectivity index (χ3v) is 8.19. The smallest absolute Gasteiger partial charge is 0.409 e. The highest BCUT2D eigenvalue weighted by Crippen LogP contribution is 2.39. The Morgan fingerprint density at radius 1 is 1.23 bits per heavy atom. The lowest BCUT2D eigenvalue weighted by atomic mass is 10.0. The highest BCUT2D eigenvalue weighted by molar-refractivity contribution is 8.26. The second kappa shape index (κ2) is 10.4. The van der Waals surface area contributed by atoms with Crippen LogP contribution in [0, 0.1) is 18.3 Å². The number of thiocarbonyl (C=S) groups is 1. The molecular weight excluding hydrogens is 486 g/mol. The number of hydrogen-bond donors (Lipinski definition) is 0. The van der Waals surface area contributed by atoms with Crippen LogP contribution in [0.1, 0.15) is 49.3 Å². The molecule has 1 aromatic heterocycles. The van der Waals surface area contributed by atoms with E-state index in [4.69, 9.17) is 17.0 Å². The summed E-state index contributed by atoms with van der Waals surface area (Å²) in [4.78, 5) is 44.3. The molecule has 186 valence electrons. The van der Waals surface area contributed by atoms with Gasteiger partial charge < -0.3 is 14.5 Å². The van der Waals surface area contributed by atoms with E-state index in [0.29, 0.717) is 59.0 Å². The van der Waals surface area contributed by atoms with Crippen LogP contribution in [0.4, 0.5) is 10.6 Å². The van der Waals surface area contributed by atoms with Crippen LogP contribution in [0.25, 0.3) is 6.08 Å². The Labute approximate surface area is 214 Å². The van der Waals surface area contributed by atoms with E-state index in [2.05, 4.69) is 0 Å². The fraction of sp³-hybridized carbons (Fsp3) is 0.542. The molecule has 11 heteroatoms. The maximum absolute atomic E-state index is 13.3. The molecule has 3 aliphatic rings. The lowest BCUT2D eigenvalue weighted by Crippen LogP contribution is -2.50. The number of thioether (sulfide) groups is 1. The van der Waals surface area contributed by atoms with Crippen molar-refractivity contribution in [1.29, 1.82) is 5.26 Å². The first-order valence-corrected chi connectivity index (χ1v) is 13.1. The first-order valence-electron chi connectivity index (χ1n) is 11.9. The van der Waals surface area contributed by atoms with Gasteiger partial charge in [0.25, 0.3) is 11.5 Å². The predicted molar refractivity (Wildman–Crippen MR) is 139 cm³/mol. The number of amides is 2. The SMILES string of the molecule is CCOC(=O)N1CCN(c2c(/C=C3\SC(=S)N(C4CCCC4)C3=O)c(C)c(C#N)c(=O)n2C)CC1. The summed E-state index contributed by atoms with van der Waals surface area (Å²) >= 11 is 6.82. The Balaban J connectivity index is 1.72. The van der Waals surface area contributed by atoms with Crippen LogP contribution in [0.3, 0.4) is 0 Å². The topological polar surface area (TPSA) is 98.9 Å². The second-order valence-corrected chi connectivity index (χ2v) is 10.6. The number of carbonyl (C=O) groups excluding carboxylic acids is 2. The monoisotopic (exact) mass is 515 g/mol. The Morgan fingerprint density at radius 2 is 1.89 bits per heavy atom. The summed E-state index contributed by atoms with van der Waals surface area (Å²) in [6.07, 6.45) is 5.51. The number of nitriles is 1. The summed E-state index contributed by atoms with van der Waals surface area (Å²) in [5.41, 5.74) is 0.854. The van der Waals surface area contributed by atoms with Crippen molar-refractivity contribution >= 4 is 52.2 Å². The zero-order chi connectivity index (χ0) is 25.3. The van der Waals surface area contributed by atoms with E-state index in [1.165, 1.54) is 16.3 Å². The van der Waals surface area contributed by atoms with Crippen molar-refractivity contribution < 1.29 is 14.3 Å². The molecule has 0 spiro atoms. The number of nitrogens with zero attached hydrogens (tertiary/aromatic N) is 5. The maximum Gasteiger partial charge on any atom is 0.409 e. The van der Waals surface area contributed by atoms with Gasteiger partial charge in [-0.25, -0.2) is 4.79 Å². The van der Waals surface area contributed by atoms with Gasteiger partial charge in [0.1, 0.15) is 21.8 Å². The lowest BCUT2D eigenvalue weighted by Gasteiger charge is -2.37. The molecule has 2 saturated heterocycles. The summed E-state index contributed by atoms with van der Waals surface area (Å²) in [5, 5.41) is 9.68. The van der Waals surface area contributed by atoms with Crippen molar-refractivity contribution in [3.8, 4) is 6.07 Å². The fourth-order valence-electron chi connectivity index (χ4n) is 5.00. The Kier molecular flexibility index (Phi) is 7.52. The van der Waals surface area contributed by atoms with Gasteiger partial charge >= 0.3 is 6.09 Å². The number of aromatic nitrogens is 1. The molecule has 0 radical (unpaired) electrons. The zero-order valence-electron chi connectivity index (χ0n) is 20.2. The second-order valence-electron chi connectivity index (χ2n) is 8.88. The summed E-state index contributed by atoms with van der Waals surface area (Å²) in [6, 6.07) is 2.17. The van der Waals surface area contributed by atoms with E-state index in [9.17, 15) is 19.6 Å². The first-order chi connectivity index (χ1) is 16.8. The molecule has 2 aliphatic heterocycles. The van der Waals surface area contributed by atoms with E-state index < -0.39 is 0 Å². The number of pyridine rings is 1. The average molecular weight is 516 g/mol. The summed E-state index contributed by atoms with van der Waals surface area (Å²) in [6.45, 7) is 5.67. The van der Waals surface area contributed by atoms with Gasteiger partial charge in [0.2, 0.25) is 0 Å². The van der Waals surface area contributed by atoms with Gasteiger partial charge in [-0.2, -0.15) is 5.26 Å². The Hall–Kier alpha value is -2.84. The average Bonchev–Trinajstić information content (AvgIpc) is 3.46. The number of anilines is 1. The van der Waals surface area contributed by atoms with Crippen LogP contribution in [0.5, 0.6) is 0 Å². The van der Waals surface area contributed by atoms with Crippen molar-refractivity contribution in [2.45, 2.75) is 45.6 Å². The molecule has 0 unspecified atom stereocenters. The molecule has 0 atom stereocenters. The minimum atomic E-state index is -0.386. The molecule has 2 amide bonds. The summed E-state index contributed by atoms with van der Waals surface area (Å²) < 4.78 is 7.14. The quantitative estimate of drug-likeness (QED) is 0.446. The molecule has 0 aromatic carbocycles. The maximum atomic E-state index is 13.3. The van der Waals surface area contributed by atoms with Crippen molar-refractivity contribution in [2.24, 2.45) is 7.05 Å². The number of piperazine rings is 1. The lowest BCUT2D eigenvalue weighted by molar-refractivity contribution is -0.123. The van der Waals surface area contributed by atoms with Crippen LogP contribution in [0.2, 0.25) is 0 Å². The van der Waals surface area contributed by atoms with Crippen molar-refractivity contribution in [3.05, 3.63) is 31.9 Å². The molecule has 0 N–H and O–H groups in total. The van der Waals surface area contributed by atoms with Gasteiger partial charge in [-0.1, -0.05) is 36.8 Å².